The van der Waals surface area contributed by atoms with E-state index in [1.165, 1.54) is 11.3 Å². The summed E-state index contributed by atoms with van der Waals surface area (Å²) in [7, 11) is 0. The third-order valence-electron chi connectivity index (χ3n) is 1.19. The van der Waals surface area contributed by atoms with Gasteiger partial charge in [-0.2, -0.15) is 16.3 Å². The lowest BCUT2D eigenvalue weighted by Gasteiger charge is -1.91. The van der Waals surface area contributed by atoms with Gasteiger partial charge in [-0.15, -0.1) is 12.4 Å². The molecule has 72 valence electrons. The summed E-state index contributed by atoms with van der Waals surface area (Å²) in [5.74, 6) is -0.497. The molecule has 0 fully saturated rings. The van der Waals surface area contributed by atoms with Crippen LogP contribution >= 0.6 is 23.7 Å². The van der Waals surface area contributed by atoms with E-state index in [4.69, 9.17) is 11.5 Å². The van der Waals surface area contributed by atoms with Gasteiger partial charge in [-0.25, -0.2) is 0 Å². The molecule has 0 aliphatic rings. The van der Waals surface area contributed by atoms with E-state index < -0.39 is 0 Å². The van der Waals surface area contributed by atoms with Gasteiger partial charge in [0, 0.05) is 0 Å². The number of aliphatic imine (C=N–C) groups is 1. The maximum Gasteiger partial charge on any atom is 0.253 e. The lowest BCUT2D eigenvalue weighted by atomic mass is 10.2. The second kappa shape index (κ2) is 5.55. The Kier molecular flexibility index (Phi) is 5.10. The molecular formula is C7H10ClN3OS. The van der Waals surface area contributed by atoms with E-state index in [2.05, 4.69) is 4.99 Å². The van der Waals surface area contributed by atoms with Gasteiger partial charge in [0.15, 0.2) is 5.96 Å². The summed E-state index contributed by atoms with van der Waals surface area (Å²) in [6.45, 7) is 0. The van der Waals surface area contributed by atoms with Gasteiger partial charge in [-0.05, 0) is 22.4 Å². The predicted octanol–water partition coefficient (Wildman–Crippen LogP) is 0.512. The van der Waals surface area contributed by atoms with Crippen molar-refractivity contribution in [3.8, 4) is 0 Å². The maximum atomic E-state index is 11.0. The van der Waals surface area contributed by atoms with Crippen molar-refractivity contribution in [1.29, 1.82) is 0 Å². The SMILES string of the molecule is Cl.NC(N)=NC(=O)Cc1ccsc1. The number of carbonyl (C=O) groups excluding carboxylic acids is 1. The zero-order valence-corrected chi connectivity index (χ0v) is 8.40. The van der Waals surface area contributed by atoms with Gasteiger partial charge in [-0.1, -0.05) is 0 Å². The molecule has 1 aromatic heterocycles. The quantitative estimate of drug-likeness (QED) is 0.562. The smallest absolute Gasteiger partial charge is 0.253 e. The molecule has 1 amide bonds. The molecule has 4 N–H and O–H groups in total. The first-order valence-electron chi connectivity index (χ1n) is 3.32. The number of rotatable bonds is 2. The molecule has 6 heteroatoms. The van der Waals surface area contributed by atoms with Gasteiger partial charge < -0.3 is 11.5 Å². The second-order valence-electron chi connectivity index (χ2n) is 2.24. The average Bonchev–Trinajstić information content (AvgIpc) is 2.37. The Hall–Kier alpha value is -1.07. The fourth-order valence-electron chi connectivity index (χ4n) is 0.751. The molecule has 1 heterocycles. The van der Waals surface area contributed by atoms with Crippen molar-refractivity contribution in [2.45, 2.75) is 6.42 Å². The molecule has 0 radical (unpaired) electrons. The Labute approximate surface area is 86.1 Å². The second-order valence-corrected chi connectivity index (χ2v) is 3.02. The van der Waals surface area contributed by atoms with Crippen LogP contribution in [0.15, 0.2) is 21.8 Å². The van der Waals surface area contributed by atoms with Crippen molar-refractivity contribution >= 4 is 35.6 Å². The molecule has 0 aliphatic carbocycles. The number of nitrogens with two attached hydrogens (primary N) is 2. The van der Waals surface area contributed by atoms with Gasteiger partial charge in [0.1, 0.15) is 0 Å². The number of thiophene rings is 1. The van der Waals surface area contributed by atoms with Crippen LogP contribution in [0.5, 0.6) is 0 Å². The van der Waals surface area contributed by atoms with E-state index in [0.29, 0.717) is 0 Å². The zero-order chi connectivity index (χ0) is 8.97. The fourth-order valence-corrected chi connectivity index (χ4v) is 1.42. The maximum absolute atomic E-state index is 11.0. The van der Waals surface area contributed by atoms with Crippen LogP contribution in [0.4, 0.5) is 0 Å². The van der Waals surface area contributed by atoms with Gasteiger partial charge >= 0.3 is 0 Å². The Morgan fingerprint density at radius 3 is 2.69 bits per heavy atom. The van der Waals surface area contributed by atoms with Gasteiger partial charge in [0.05, 0.1) is 6.42 Å². The first-order chi connectivity index (χ1) is 5.68. The van der Waals surface area contributed by atoms with Crippen molar-refractivity contribution in [1.82, 2.24) is 0 Å². The first kappa shape index (κ1) is 11.9. The summed E-state index contributed by atoms with van der Waals surface area (Å²) in [6, 6.07) is 1.87. The molecule has 0 bridgehead atoms. The van der Waals surface area contributed by atoms with E-state index >= 15 is 0 Å². The largest absolute Gasteiger partial charge is 0.370 e. The van der Waals surface area contributed by atoms with Gasteiger partial charge in [0.2, 0.25) is 0 Å². The lowest BCUT2D eigenvalue weighted by Crippen LogP contribution is -2.24. The van der Waals surface area contributed by atoms with Crippen molar-refractivity contribution in [2.75, 3.05) is 0 Å². The Morgan fingerprint density at radius 1 is 1.54 bits per heavy atom. The molecule has 4 nitrogen and oxygen atoms in total. The number of carbonyl (C=O) groups is 1. The molecule has 1 aromatic rings. The molecule has 0 atom stereocenters. The first-order valence-corrected chi connectivity index (χ1v) is 4.26. The summed E-state index contributed by atoms with van der Waals surface area (Å²) in [4.78, 5) is 14.4. The summed E-state index contributed by atoms with van der Waals surface area (Å²) in [5, 5.41) is 3.79. The van der Waals surface area contributed by atoms with E-state index in [9.17, 15) is 4.79 Å². The molecule has 1 rings (SSSR count). The minimum atomic E-state index is -0.312. The third-order valence-corrected chi connectivity index (χ3v) is 1.92. The van der Waals surface area contributed by atoms with Crippen molar-refractivity contribution < 1.29 is 4.79 Å². The molecule has 0 aromatic carbocycles. The highest BCUT2D eigenvalue weighted by Gasteiger charge is 2.01. The Balaban J connectivity index is 0.00000144. The molecule has 0 spiro atoms. The summed E-state index contributed by atoms with van der Waals surface area (Å²) in [6.07, 6.45) is 0.265. The molecule has 0 saturated carbocycles. The van der Waals surface area contributed by atoms with Crippen molar-refractivity contribution in [2.24, 2.45) is 16.5 Å². The highest BCUT2D eigenvalue weighted by Crippen LogP contribution is 2.06. The van der Waals surface area contributed by atoms with E-state index in [1.807, 2.05) is 16.8 Å². The van der Waals surface area contributed by atoms with E-state index in [1.54, 1.807) is 0 Å². The molecule has 0 aliphatic heterocycles. The minimum absolute atomic E-state index is 0. The van der Waals surface area contributed by atoms with Crippen LogP contribution in [0, 0.1) is 0 Å². The highest BCUT2D eigenvalue weighted by atomic mass is 35.5. The molecular weight excluding hydrogens is 210 g/mol. The van der Waals surface area contributed by atoms with Crippen molar-refractivity contribution in [3.05, 3.63) is 22.4 Å². The Bertz CT molecular complexity index is 293. The molecule has 0 unspecified atom stereocenters. The van der Waals surface area contributed by atoms with Crippen LogP contribution in [0.2, 0.25) is 0 Å². The summed E-state index contributed by atoms with van der Waals surface area (Å²) < 4.78 is 0. The van der Waals surface area contributed by atoms with E-state index in [0.717, 1.165) is 5.56 Å². The highest BCUT2D eigenvalue weighted by molar-refractivity contribution is 7.07. The van der Waals surface area contributed by atoms with Crippen LogP contribution in [-0.4, -0.2) is 11.9 Å². The monoisotopic (exact) mass is 219 g/mol. The number of nitrogens with zero attached hydrogens (tertiary/aromatic N) is 1. The minimum Gasteiger partial charge on any atom is -0.370 e. The summed E-state index contributed by atoms with van der Waals surface area (Å²) >= 11 is 1.54. The van der Waals surface area contributed by atoms with Crippen molar-refractivity contribution in [3.63, 3.8) is 0 Å². The average molecular weight is 220 g/mol. The zero-order valence-electron chi connectivity index (χ0n) is 6.77. The van der Waals surface area contributed by atoms with Crippen LogP contribution in [-0.2, 0) is 11.2 Å². The van der Waals surface area contributed by atoms with E-state index in [-0.39, 0.29) is 30.7 Å². The predicted molar refractivity (Wildman–Crippen MR) is 56.1 cm³/mol. The summed E-state index contributed by atoms with van der Waals surface area (Å²) in [5.41, 5.74) is 11.0. The third kappa shape index (κ3) is 4.49. The molecule has 0 saturated heterocycles. The number of hydrogen-bond acceptors (Lipinski definition) is 2. The van der Waals surface area contributed by atoms with Crippen LogP contribution in [0.25, 0.3) is 0 Å². The van der Waals surface area contributed by atoms with Crippen LogP contribution in [0.1, 0.15) is 5.56 Å². The normalized spacial score (nSPS) is 8.62. The number of hydrogen-bond donors (Lipinski definition) is 2. The van der Waals surface area contributed by atoms with Crippen LogP contribution < -0.4 is 11.5 Å². The topological polar surface area (TPSA) is 81.5 Å². The molecule has 13 heavy (non-hydrogen) atoms. The number of amides is 1. The number of guanidine groups is 1. The van der Waals surface area contributed by atoms with Gasteiger partial charge in [-0.3, -0.25) is 4.79 Å². The Morgan fingerprint density at radius 2 is 2.23 bits per heavy atom. The number of halogens is 1. The fraction of sp³-hybridized carbons (Fsp3) is 0.143. The lowest BCUT2D eigenvalue weighted by molar-refractivity contribution is -0.117. The van der Waals surface area contributed by atoms with Crippen LogP contribution in [0.3, 0.4) is 0 Å². The van der Waals surface area contributed by atoms with Gasteiger partial charge in [0.25, 0.3) is 5.91 Å². The standard InChI is InChI=1S/C7H9N3OS.ClH/c8-7(9)10-6(11)3-5-1-2-12-4-5;/h1-2,4H,3H2,(H4,8,9,10,11);1H.